The molecular weight excluding hydrogens is 324 g/mol. The van der Waals surface area contributed by atoms with Crippen LogP contribution in [-0.4, -0.2) is 31.2 Å². The molecule has 2 fully saturated rings. The van der Waals surface area contributed by atoms with E-state index in [1.807, 2.05) is 0 Å². The first-order chi connectivity index (χ1) is 12.5. The topological polar surface area (TPSA) is 27.7 Å². The van der Waals surface area contributed by atoms with Gasteiger partial charge < -0.3 is 14.2 Å². The monoisotopic (exact) mass is 358 g/mol. The van der Waals surface area contributed by atoms with Crippen molar-refractivity contribution in [3.8, 4) is 0 Å². The fourth-order valence-electron chi connectivity index (χ4n) is 7.06. The van der Waals surface area contributed by atoms with Crippen LogP contribution in [0.3, 0.4) is 0 Å². The van der Waals surface area contributed by atoms with Gasteiger partial charge in [0, 0.05) is 24.9 Å². The maximum Gasteiger partial charge on any atom is 0.172 e. The Balaban J connectivity index is 1.46. The molecule has 144 valence electrons. The molecule has 1 saturated heterocycles. The summed E-state index contributed by atoms with van der Waals surface area (Å²) in [5, 5.41) is 0. The third-order valence-electron chi connectivity index (χ3n) is 8.64. The predicted molar refractivity (Wildman–Crippen MR) is 102 cm³/mol. The van der Waals surface area contributed by atoms with E-state index in [9.17, 15) is 0 Å². The van der Waals surface area contributed by atoms with Crippen LogP contribution in [0.5, 0.6) is 0 Å². The van der Waals surface area contributed by atoms with Crippen molar-refractivity contribution in [3.05, 3.63) is 22.8 Å². The van der Waals surface area contributed by atoms with Gasteiger partial charge in [-0.2, -0.15) is 0 Å². The van der Waals surface area contributed by atoms with Crippen molar-refractivity contribution in [2.24, 2.45) is 17.3 Å². The summed E-state index contributed by atoms with van der Waals surface area (Å²) in [6.45, 7) is 9.40. The molecule has 26 heavy (non-hydrogen) atoms. The first-order valence-electron chi connectivity index (χ1n) is 10.8. The highest BCUT2D eigenvalue weighted by molar-refractivity contribution is 5.45. The summed E-state index contributed by atoms with van der Waals surface area (Å²) in [6, 6.07) is 0. The molecule has 0 bridgehead atoms. The summed E-state index contributed by atoms with van der Waals surface area (Å²) in [5.74, 6) is 1.24. The Hall–Kier alpha value is -0.640. The summed E-state index contributed by atoms with van der Waals surface area (Å²) in [4.78, 5) is 0. The fraction of sp³-hybridized carbons (Fsp3) is 0.826. The Labute approximate surface area is 158 Å². The van der Waals surface area contributed by atoms with Crippen molar-refractivity contribution < 1.29 is 14.2 Å². The van der Waals surface area contributed by atoms with Gasteiger partial charge in [0.25, 0.3) is 0 Å². The molecule has 1 spiro atoms. The quantitative estimate of drug-likeness (QED) is 0.682. The van der Waals surface area contributed by atoms with Gasteiger partial charge in [0.05, 0.1) is 18.8 Å². The van der Waals surface area contributed by atoms with Crippen LogP contribution in [0.1, 0.15) is 72.1 Å². The molecule has 3 heteroatoms. The van der Waals surface area contributed by atoms with Gasteiger partial charge >= 0.3 is 0 Å². The van der Waals surface area contributed by atoms with E-state index < -0.39 is 0 Å². The van der Waals surface area contributed by atoms with Crippen LogP contribution in [0.25, 0.3) is 0 Å². The zero-order chi connectivity index (χ0) is 18.0. The van der Waals surface area contributed by atoms with Gasteiger partial charge in [-0.3, -0.25) is 0 Å². The smallest absolute Gasteiger partial charge is 0.172 e. The predicted octanol–water partition coefficient (Wildman–Crippen LogP) is 5.16. The number of hydrogen-bond donors (Lipinski definition) is 0. The minimum absolute atomic E-state index is 0.0469. The Kier molecular flexibility index (Phi) is 3.98. The van der Waals surface area contributed by atoms with Crippen molar-refractivity contribution >= 4 is 0 Å². The van der Waals surface area contributed by atoms with Crippen LogP contribution in [0.15, 0.2) is 22.8 Å². The highest BCUT2D eigenvalue weighted by Gasteiger charge is 2.59. The molecule has 5 aliphatic rings. The van der Waals surface area contributed by atoms with Crippen LogP contribution in [0.2, 0.25) is 0 Å². The van der Waals surface area contributed by atoms with Gasteiger partial charge in [-0.15, -0.1) is 0 Å². The molecule has 1 saturated carbocycles. The molecule has 0 radical (unpaired) electrons. The number of hydrogen-bond acceptors (Lipinski definition) is 3. The van der Waals surface area contributed by atoms with Crippen LogP contribution >= 0.6 is 0 Å². The molecule has 0 aromatic heterocycles. The number of allylic oxidation sites excluding steroid dienone is 3. The van der Waals surface area contributed by atoms with E-state index in [0.29, 0.717) is 5.41 Å². The minimum Gasteiger partial charge on any atom is -0.375 e. The minimum atomic E-state index is -0.281. The van der Waals surface area contributed by atoms with Crippen molar-refractivity contribution in [3.63, 3.8) is 0 Å². The molecule has 1 heterocycles. The van der Waals surface area contributed by atoms with Gasteiger partial charge in [0.1, 0.15) is 0 Å². The summed E-state index contributed by atoms with van der Waals surface area (Å²) in [7, 11) is 0. The van der Waals surface area contributed by atoms with Crippen LogP contribution in [0, 0.1) is 17.3 Å². The Morgan fingerprint density at radius 2 is 1.92 bits per heavy atom. The maximum absolute atomic E-state index is 6.34. The lowest BCUT2D eigenvalue weighted by molar-refractivity contribution is -0.164. The SMILES string of the molecule is CCO[C@]1(C)CCC2C3CCC4=C(CCC5(C4)OCCO5)C3=CCC21C. The second-order valence-electron chi connectivity index (χ2n) is 9.60. The lowest BCUT2D eigenvalue weighted by Crippen LogP contribution is -2.49. The second kappa shape index (κ2) is 5.93. The Morgan fingerprint density at radius 3 is 2.69 bits per heavy atom. The zero-order valence-electron chi connectivity index (χ0n) is 16.7. The van der Waals surface area contributed by atoms with E-state index >= 15 is 0 Å². The third kappa shape index (κ3) is 2.29. The fourth-order valence-corrected chi connectivity index (χ4v) is 7.06. The van der Waals surface area contributed by atoms with Crippen molar-refractivity contribution in [2.75, 3.05) is 19.8 Å². The van der Waals surface area contributed by atoms with E-state index in [2.05, 4.69) is 26.8 Å². The lowest BCUT2D eigenvalue weighted by Gasteiger charge is -2.51. The summed E-state index contributed by atoms with van der Waals surface area (Å²) >= 11 is 0. The molecule has 0 N–H and O–H groups in total. The molecule has 3 unspecified atom stereocenters. The van der Waals surface area contributed by atoms with Crippen LogP contribution in [-0.2, 0) is 14.2 Å². The molecule has 0 amide bonds. The number of fused-ring (bicyclic) bond motifs is 4. The Bertz CT molecular complexity index is 656. The first-order valence-corrected chi connectivity index (χ1v) is 10.8. The second-order valence-corrected chi connectivity index (χ2v) is 9.60. The first kappa shape index (κ1) is 17.5. The van der Waals surface area contributed by atoms with Gasteiger partial charge in [-0.1, -0.05) is 18.6 Å². The standard InChI is InChI=1S/C23H34O3/c1-4-24-22(3)11-9-20-19-6-5-16-15-23(25-13-14-26-23)12-8-17(16)18(19)7-10-21(20,22)2/h7,19-20H,4-6,8-15H2,1-3H3/t19?,20?,21?,22-/m1/s1. The van der Waals surface area contributed by atoms with Gasteiger partial charge in [-0.25, -0.2) is 0 Å². The van der Waals surface area contributed by atoms with Gasteiger partial charge in [0.15, 0.2) is 5.79 Å². The van der Waals surface area contributed by atoms with Crippen LogP contribution < -0.4 is 0 Å². The molecular formula is C23H34O3. The normalized spacial score (nSPS) is 43.9. The highest BCUT2D eigenvalue weighted by Crippen LogP contribution is 2.63. The van der Waals surface area contributed by atoms with Gasteiger partial charge in [0.2, 0.25) is 0 Å². The zero-order valence-corrected chi connectivity index (χ0v) is 16.7. The highest BCUT2D eigenvalue weighted by atomic mass is 16.7. The summed E-state index contributed by atoms with van der Waals surface area (Å²) in [5.41, 5.74) is 5.35. The molecule has 4 atom stereocenters. The average molecular weight is 359 g/mol. The summed E-state index contributed by atoms with van der Waals surface area (Å²) < 4.78 is 18.4. The lowest BCUT2D eigenvalue weighted by atomic mass is 9.56. The Morgan fingerprint density at radius 1 is 1.12 bits per heavy atom. The van der Waals surface area contributed by atoms with Crippen molar-refractivity contribution in [2.45, 2.75) is 83.5 Å². The van der Waals surface area contributed by atoms with E-state index in [0.717, 1.165) is 50.9 Å². The van der Waals surface area contributed by atoms with Crippen molar-refractivity contribution in [1.82, 2.24) is 0 Å². The van der Waals surface area contributed by atoms with E-state index in [1.54, 1.807) is 16.7 Å². The largest absolute Gasteiger partial charge is 0.375 e. The van der Waals surface area contributed by atoms with E-state index in [-0.39, 0.29) is 11.4 Å². The van der Waals surface area contributed by atoms with Crippen molar-refractivity contribution in [1.29, 1.82) is 0 Å². The van der Waals surface area contributed by atoms with E-state index in [1.165, 1.54) is 32.1 Å². The third-order valence-corrected chi connectivity index (χ3v) is 8.64. The van der Waals surface area contributed by atoms with Crippen LogP contribution in [0.4, 0.5) is 0 Å². The maximum atomic E-state index is 6.34. The summed E-state index contributed by atoms with van der Waals surface area (Å²) in [6.07, 6.45) is 12.1. The molecule has 0 aromatic rings. The number of rotatable bonds is 2. The average Bonchev–Trinajstić information content (AvgIpc) is 3.18. The molecule has 4 aliphatic carbocycles. The van der Waals surface area contributed by atoms with Gasteiger partial charge in [-0.05, 0) is 75.4 Å². The van der Waals surface area contributed by atoms with E-state index in [4.69, 9.17) is 14.2 Å². The molecule has 3 nitrogen and oxygen atoms in total. The molecule has 0 aromatic carbocycles. The number of ether oxygens (including phenoxy) is 3. The molecule has 1 aliphatic heterocycles. The molecule has 5 rings (SSSR count).